The van der Waals surface area contributed by atoms with Gasteiger partial charge in [-0.3, -0.25) is 9.78 Å². The first-order chi connectivity index (χ1) is 16.5. The average Bonchev–Trinajstić information content (AvgIpc) is 3.22. The number of thiazole rings is 1. The topological polar surface area (TPSA) is 80.9 Å². The summed E-state index contributed by atoms with van der Waals surface area (Å²) < 4.78 is 7.24. The molecule has 0 bridgehead atoms. The van der Waals surface area contributed by atoms with E-state index in [4.69, 9.17) is 38.0 Å². The van der Waals surface area contributed by atoms with Gasteiger partial charge in [0.1, 0.15) is 5.75 Å². The number of halogens is 2. The molecule has 0 unspecified atom stereocenters. The lowest BCUT2D eigenvalue weighted by Crippen LogP contribution is -2.25. The van der Waals surface area contributed by atoms with Crippen molar-refractivity contribution >= 4 is 57.5 Å². The third kappa shape index (κ3) is 4.61. The molecule has 2 aromatic carbocycles. The smallest absolute Gasteiger partial charge is 0.262 e. The monoisotopic (exact) mass is 509 g/mol. The minimum Gasteiger partial charge on any atom is -0.482 e. The summed E-state index contributed by atoms with van der Waals surface area (Å²) in [5.74, 6) is 0.426. The highest BCUT2D eigenvalue weighted by atomic mass is 35.5. The second-order valence-corrected chi connectivity index (χ2v) is 9.08. The van der Waals surface area contributed by atoms with Gasteiger partial charge in [-0.15, -0.1) is 11.3 Å². The van der Waals surface area contributed by atoms with Crippen LogP contribution in [-0.2, 0) is 4.79 Å². The molecule has 2 aromatic heterocycles. The zero-order chi connectivity index (χ0) is 23.7. The molecule has 0 atom stereocenters. The predicted octanol–water partition coefficient (Wildman–Crippen LogP) is 5.75. The van der Waals surface area contributed by atoms with Crippen molar-refractivity contribution in [2.75, 3.05) is 11.9 Å². The standard InChI is InChI=1S/C24H17Cl2N5O2S/c1-14(18-10-16(25)5-6-19(18)26)30-31-21(13-34-24(31)28-17-3-2-8-27-11-17)15-4-7-22-20(9-15)29-23(32)12-33-22/h2-11,13H,12H2,1H3,(H,29,32). The molecule has 1 N–H and O–H groups in total. The Balaban J connectivity index is 1.68. The molecule has 1 amide bonds. The van der Waals surface area contributed by atoms with Gasteiger partial charge < -0.3 is 10.1 Å². The summed E-state index contributed by atoms with van der Waals surface area (Å²) in [5, 5.41) is 10.8. The van der Waals surface area contributed by atoms with Gasteiger partial charge in [0.25, 0.3) is 5.91 Å². The molecule has 34 heavy (non-hydrogen) atoms. The fourth-order valence-corrected chi connectivity index (χ4v) is 4.70. The van der Waals surface area contributed by atoms with Crippen LogP contribution in [0, 0.1) is 0 Å². The van der Waals surface area contributed by atoms with Crippen LogP contribution in [0.25, 0.3) is 11.3 Å². The molecule has 0 spiro atoms. The lowest BCUT2D eigenvalue weighted by molar-refractivity contribution is -0.118. The van der Waals surface area contributed by atoms with Crippen LogP contribution in [0.1, 0.15) is 12.5 Å². The molecule has 10 heteroatoms. The van der Waals surface area contributed by atoms with Gasteiger partial charge in [0.05, 0.1) is 29.0 Å². The summed E-state index contributed by atoms with van der Waals surface area (Å²) in [6.07, 6.45) is 3.37. The van der Waals surface area contributed by atoms with E-state index >= 15 is 0 Å². The van der Waals surface area contributed by atoms with Crippen molar-refractivity contribution in [1.29, 1.82) is 0 Å². The van der Waals surface area contributed by atoms with Gasteiger partial charge in [-0.2, -0.15) is 5.10 Å². The van der Waals surface area contributed by atoms with Crippen molar-refractivity contribution < 1.29 is 9.53 Å². The summed E-state index contributed by atoms with van der Waals surface area (Å²) in [6, 6.07) is 14.5. The Morgan fingerprint density at radius 3 is 2.91 bits per heavy atom. The quantitative estimate of drug-likeness (QED) is 0.355. The summed E-state index contributed by atoms with van der Waals surface area (Å²) >= 11 is 14.0. The number of ether oxygens (including phenoxy) is 1. The lowest BCUT2D eigenvalue weighted by atomic mass is 10.1. The molecule has 0 saturated heterocycles. The van der Waals surface area contributed by atoms with Gasteiger partial charge in [0.2, 0.25) is 4.80 Å². The minimum absolute atomic E-state index is 0.00280. The molecule has 1 aliphatic rings. The van der Waals surface area contributed by atoms with Crippen LogP contribution >= 0.6 is 34.5 Å². The second kappa shape index (κ2) is 9.42. The van der Waals surface area contributed by atoms with E-state index in [0.717, 1.165) is 16.8 Å². The molecule has 0 saturated carbocycles. The SMILES string of the molecule is CC(=Nn1c(-c2ccc3c(c2)NC(=O)CO3)csc1=Nc1cccnc1)c1cc(Cl)ccc1Cl. The highest BCUT2D eigenvalue weighted by molar-refractivity contribution is 7.07. The second-order valence-electron chi connectivity index (χ2n) is 7.40. The molecule has 0 aliphatic carbocycles. The number of pyridine rings is 1. The third-order valence-electron chi connectivity index (χ3n) is 5.03. The molecule has 1 aliphatic heterocycles. The summed E-state index contributed by atoms with van der Waals surface area (Å²) in [4.78, 5) is 21.3. The van der Waals surface area contributed by atoms with E-state index in [9.17, 15) is 4.79 Å². The molecule has 4 aromatic rings. The van der Waals surface area contributed by atoms with Crippen molar-refractivity contribution in [2.45, 2.75) is 6.92 Å². The van der Waals surface area contributed by atoms with Gasteiger partial charge in [0.15, 0.2) is 6.61 Å². The Morgan fingerprint density at radius 2 is 2.09 bits per heavy atom. The highest BCUT2D eigenvalue weighted by Crippen LogP contribution is 2.33. The van der Waals surface area contributed by atoms with Crippen LogP contribution in [0.3, 0.4) is 0 Å². The largest absolute Gasteiger partial charge is 0.482 e. The van der Waals surface area contributed by atoms with Crippen LogP contribution < -0.4 is 14.9 Å². The Labute approximate surface area is 209 Å². The Hall–Kier alpha value is -3.46. The van der Waals surface area contributed by atoms with Gasteiger partial charge in [0, 0.05) is 32.7 Å². The van der Waals surface area contributed by atoms with Crippen LogP contribution in [-0.4, -0.2) is 27.9 Å². The first-order valence-electron chi connectivity index (χ1n) is 10.2. The summed E-state index contributed by atoms with van der Waals surface area (Å²) in [6.45, 7) is 1.86. The summed E-state index contributed by atoms with van der Waals surface area (Å²) in [5.41, 5.74) is 4.31. The van der Waals surface area contributed by atoms with Gasteiger partial charge in [-0.05, 0) is 55.5 Å². The third-order valence-corrected chi connectivity index (χ3v) is 6.41. The number of aromatic nitrogens is 2. The number of rotatable bonds is 4. The van der Waals surface area contributed by atoms with Crippen molar-refractivity contribution in [3.8, 4) is 17.0 Å². The molecule has 170 valence electrons. The van der Waals surface area contributed by atoms with E-state index < -0.39 is 0 Å². The predicted molar refractivity (Wildman–Crippen MR) is 135 cm³/mol. The van der Waals surface area contributed by atoms with Crippen molar-refractivity contribution in [3.63, 3.8) is 0 Å². The molecule has 7 nitrogen and oxygen atoms in total. The zero-order valence-corrected chi connectivity index (χ0v) is 20.2. The Kier molecular flexibility index (Phi) is 6.19. The lowest BCUT2D eigenvalue weighted by Gasteiger charge is -2.18. The van der Waals surface area contributed by atoms with Crippen molar-refractivity contribution in [1.82, 2.24) is 9.66 Å². The van der Waals surface area contributed by atoms with Gasteiger partial charge >= 0.3 is 0 Å². The number of fused-ring (bicyclic) bond motifs is 1. The highest BCUT2D eigenvalue weighted by Gasteiger charge is 2.18. The van der Waals surface area contributed by atoms with Gasteiger partial charge in [-0.25, -0.2) is 9.67 Å². The first-order valence-corrected chi connectivity index (χ1v) is 11.8. The van der Waals surface area contributed by atoms with E-state index in [-0.39, 0.29) is 12.5 Å². The number of carbonyl (C=O) groups is 1. The number of hydrogen-bond donors (Lipinski definition) is 1. The van der Waals surface area contributed by atoms with E-state index in [1.165, 1.54) is 11.3 Å². The molecular weight excluding hydrogens is 493 g/mol. The Bertz CT molecular complexity index is 1490. The molecule has 5 rings (SSSR count). The molecule has 0 fully saturated rings. The van der Waals surface area contributed by atoms with Crippen LogP contribution in [0.15, 0.2) is 76.4 Å². The van der Waals surface area contributed by atoms with Gasteiger partial charge in [-0.1, -0.05) is 23.2 Å². The number of amides is 1. The van der Waals surface area contributed by atoms with Crippen LogP contribution in [0.2, 0.25) is 10.0 Å². The maximum atomic E-state index is 11.8. The van der Waals surface area contributed by atoms with E-state index in [2.05, 4.69) is 10.3 Å². The molecular formula is C24H17Cl2N5O2S. The number of benzene rings is 2. The maximum absolute atomic E-state index is 11.8. The van der Waals surface area contributed by atoms with Crippen molar-refractivity contribution in [3.05, 3.63) is 86.7 Å². The minimum atomic E-state index is -0.195. The first kappa shape index (κ1) is 22.3. The average molecular weight is 510 g/mol. The van der Waals surface area contributed by atoms with E-state index in [0.29, 0.717) is 37.7 Å². The fourth-order valence-electron chi connectivity index (χ4n) is 3.42. The molecule has 3 heterocycles. The molecule has 0 radical (unpaired) electrons. The maximum Gasteiger partial charge on any atom is 0.262 e. The number of nitrogens with one attached hydrogen (secondary N) is 1. The number of carbonyl (C=O) groups excluding carboxylic acids is 1. The Morgan fingerprint density at radius 1 is 1.21 bits per heavy atom. The summed E-state index contributed by atoms with van der Waals surface area (Å²) in [7, 11) is 0. The number of anilines is 1. The fraction of sp³-hybridized carbons (Fsp3) is 0.0833. The van der Waals surface area contributed by atoms with E-state index in [1.807, 2.05) is 42.6 Å². The van der Waals surface area contributed by atoms with Crippen molar-refractivity contribution in [2.24, 2.45) is 10.1 Å². The van der Waals surface area contributed by atoms with Crippen LogP contribution in [0.5, 0.6) is 5.75 Å². The zero-order valence-electron chi connectivity index (χ0n) is 17.8. The normalized spacial score (nSPS) is 13.9. The number of nitrogens with zero attached hydrogens (tertiary/aromatic N) is 4. The van der Waals surface area contributed by atoms with E-state index in [1.54, 1.807) is 35.3 Å². The van der Waals surface area contributed by atoms with Crippen LogP contribution in [0.4, 0.5) is 11.4 Å². The number of hydrogen-bond acceptors (Lipinski definition) is 6.